The van der Waals surface area contributed by atoms with Crippen molar-refractivity contribution < 1.29 is 22.7 Å². The number of benzene rings is 2. The second kappa shape index (κ2) is 9.17. The molecule has 0 N–H and O–H groups in total. The van der Waals surface area contributed by atoms with Crippen LogP contribution in [0.1, 0.15) is 10.8 Å². The van der Waals surface area contributed by atoms with Crippen LogP contribution in [0.2, 0.25) is 0 Å². The molecule has 2 aliphatic rings. The van der Waals surface area contributed by atoms with Crippen molar-refractivity contribution >= 4 is 33.0 Å². The smallest absolute Gasteiger partial charge is 0.283 e. The fourth-order valence-corrected chi connectivity index (χ4v) is 5.63. The summed E-state index contributed by atoms with van der Waals surface area (Å²) >= 11 is 0. The average Bonchev–Trinajstić information content (AvgIpc) is 2.98. The summed E-state index contributed by atoms with van der Waals surface area (Å²) in [6.07, 6.45) is 0. The molecule has 0 aliphatic carbocycles. The first-order chi connectivity index (χ1) is 15.0. The van der Waals surface area contributed by atoms with Gasteiger partial charge in [-0.05, 0) is 29.8 Å². The Hall–Kier alpha value is -2.75. The molecule has 0 radical (unpaired) electrons. The lowest BCUT2D eigenvalue weighted by molar-refractivity contribution is -0.119. The standard InChI is InChI=1S/C22H25N3O5S/c1-29-14-13-25-22(26)20(21(31(25,27)28)17-5-3-2-4-6-17)23-18-7-9-19(10-8-18)24-11-15-30-16-12-24/h2-10,21H,11-16H2,1H3. The highest BCUT2D eigenvalue weighted by Crippen LogP contribution is 2.36. The van der Waals surface area contributed by atoms with Gasteiger partial charge in [0.15, 0.2) is 5.25 Å². The predicted octanol–water partition coefficient (Wildman–Crippen LogP) is 2.16. The van der Waals surface area contributed by atoms with Crippen molar-refractivity contribution in [3.63, 3.8) is 0 Å². The number of sulfonamides is 1. The van der Waals surface area contributed by atoms with Gasteiger partial charge in [-0.2, -0.15) is 0 Å². The second-order valence-electron chi connectivity index (χ2n) is 7.32. The van der Waals surface area contributed by atoms with Gasteiger partial charge in [0.2, 0.25) is 0 Å². The number of carbonyl (C=O) groups is 1. The minimum atomic E-state index is -3.95. The first kappa shape index (κ1) is 21.5. The fraction of sp³-hybridized carbons (Fsp3) is 0.364. The van der Waals surface area contributed by atoms with Crippen LogP contribution in [0.15, 0.2) is 59.6 Å². The van der Waals surface area contributed by atoms with Crippen molar-refractivity contribution in [2.45, 2.75) is 5.25 Å². The van der Waals surface area contributed by atoms with E-state index in [0.717, 1.165) is 23.1 Å². The summed E-state index contributed by atoms with van der Waals surface area (Å²) in [5.41, 5.74) is 2.09. The van der Waals surface area contributed by atoms with Gasteiger partial charge in [0, 0.05) is 25.9 Å². The van der Waals surface area contributed by atoms with E-state index < -0.39 is 21.2 Å². The van der Waals surface area contributed by atoms with E-state index in [1.165, 1.54) is 7.11 Å². The zero-order chi connectivity index (χ0) is 21.8. The van der Waals surface area contributed by atoms with Gasteiger partial charge in [-0.15, -0.1) is 0 Å². The SMILES string of the molecule is COCCN1C(=O)C(=Nc2ccc(N3CCOCC3)cc2)C(c2ccccc2)S1(=O)=O. The fourth-order valence-electron chi connectivity index (χ4n) is 3.79. The van der Waals surface area contributed by atoms with E-state index in [9.17, 15) is 13.2 Å². The predicted molar refractivity (Wildman–Crippen MR) is 118 cm³/mol. The summed E-state index contributed by atoms with van der Waals surface area (Å²) in [5, 5.41) is -1.14. The molecule has 0 spiro atoms. The highest BCUT2D eigenvalue weighted by Gasteiger charge is 2.50. The number of methoxy groups -OCH3 is 1. The molecule has 1 atom stereocenters. The first-order valence-electron chi connectivity index (χ1n) is 10.1. The van der Waals surface area contributed by atoms with Crippen molar-refractivity contribution in [2.75, 3.05) is 51.5 Å². The number of carbonyl (C=O) groups excluding carboxylic acids is 1. The number of hydrogen-bond donors (Lipinski definition) is 0. The summed E-state index contributed by atoms with van der Waals surface area (Å²) in [5.74, 6) is -0.608. The molecule has 2 fully saturated rings. The Morgan fingerprint density at radius 1 is 1.06 bits per heavy atom. The van der Waals surface area contributed by atoms with E-state index in [1.807, 2.05) is 12.1 Å². The van der Waals surface area contributed by atoms with Crippen LogP contribution >= 0.6 is 0 Å². The molecular formula is C22H25N3O5S. The maximum Gasteiger partial charge on any atom is 0.283 e. The van der Waals surface area contributed by atoms with E-state index in [4.69, 9.17) is 9.47 Å². The normalized spacial score (nSPS) is 22.3. The third-order valence-corrected chi connectivity index (χ3v) is 7.43. The maximum atomic E-state index is 13.2. The quantitative estimate of drug-likeness (QED) is 0.680. The lowest BCUT2D eigenvalue weighted by Gasteiger charge is -2.28. The van der Waals surface area contributed by atoms with E-state index in [1.54, 1.807) is 42.5 Å². The first-order valence-corrected chi connectivity index (χ1v) is 11.6. The van der Waals surface area contributed by atoms with Gasteiger partial charge in [0.1, 0.15) is 5.71 Å². The van der Waals surface area contributed by atoms with Gasteiger partial charge in [-0.3, -0.25) is 4.79 Å². The number of rotatable bonds is 6. The van der Waals surface area contributed by atoms with Crippen LogP contribution in [0.25, 0.3) is 0 Å². The molecule has 0 aromatic heterocycles. The average molecular weight is 444 g/mol. The molecule has 2 aliphatic heterocycles. The van der Waals surface area contributed by atoms with E-state index >= 15 is 0 Å². The molecule has 0 bridgehead atoms. The molecule has 4 rings (SSSR count). The van der Waals surface area contributed by atoms with Gasteiger partial charge >= 0.3 is 0 Å². The lowest BCUT2D eigenvalue weighted by Crippen LogP contribution is -2.36. The topological polar surface area (TPSA) is 88.5 Å². The van der Waals surface area contributed by atoms with Crippen LogP contribution in [0.3, 0.4) is 0 Å². The summed E-state index contributed by atoms with van der Waals surface area (Å²) < 4.78 is 37.7. The number of ether oxygens (including phenoxy) is 2. The summed E-state index contributed by atoms with van der Waals surface area (Å²) in [6, 6.07) is 16.2. The maximum absolute atomic E-state index is 13.2. The van der Waals surface area contributed by atoms with Gasteiger partial charge in [-0.1, -0.05) is 30.3 Å². The minimum absolute atomic E-state index is 0.00132. The third-order valence-electron chi connectivity index (χ3n) is 5.38. The molecule has 0 saturated carbocycles. The Morgan fingerprint density at radius 2 is 1.74 bits per heavy atom. The molecule has 2 aromatic rings. The van der Waals surface area contributed by atoms with Crippen LogP contribution in [0.5, 0.6) is 0 Å². The summed E-state index contributed by atoms with van der Waals surface area (Å²) in [4.78, 5) is 19.8. The van der Waals surface area contributed by atoms with Gasteiger partial charge in [0.05, 0.1) is 32.1 Å². The lowest BCUT2D eigenvalue weighted by atomic mass is 10.1. The van der Waals surface area contributed by atoms with Crippen molar-refractivity contribution in [3.05, 3.63) is 60.2 Å². The Balaban J connectivity index is 1.69. The molecule has 2 saturated heterocycles. The Labute approximate surface area is 182 Å². The molecule has 1 unspecified atom stereocenters. The highest BCUT2D eigenvalue weighted by molar-refractivity contribution is 7.91. The largest absolute Gasteiger partial charge is 0.383 e. The number of amides is 1. The molecule has 164 valence electrons. The van der Waals surface area contributed by atoms with Crippen LogP contribution in [-0.2, 0) is 24.3 Å². The van der Waals surface area contributed by atoms with Crippen LogP contribution in [-0.4, -0.2) is 70.9 Å². The van der Waals surface area contributed by atoms with Crippen LogP contribution in [0.4, 0.5) is 11.4 Å². The minimum Gasteiger partial charge on any atom is -0.383 e. The highest BCUT2D eigenvalue weighted by atomic mass is 32.2. The molecule has 2 heterocycles. The van der Waals surface area contributed by atoms with E-state index in [0.29, 0.717) is 24.5 Å². The molecule has 8 nitrogen and oxygen atoms in total. The van der Waals surface area contributed by atoms with E-state index in [2.05, 4.69) is 9.89 Å². The van der Waals surface area contributed by atoms with Crippen LogP contribution in [0, 0.1) is 0 Å². The Morgan fingerprint density at radius 3 is 2.39 bits per heavy atom. The monoisotopic (exact) mass is 443 g/mol. The zero-order valence-electron chi connectivity index (χ0n) is 17.3. The second-order valence-corrected chi connectivity index (χ2v) is 9.26. The Kier molecular flexibility index (Phi) is 6.35. The third kappa shape index (κ3) is 4.34. The van der Waals surface area contributed by atoms with Crippen molar-refractivity contribution in [1.82, 2.24) is 4.31 Å². The Bertz CT molecular complexity index is 1050. The molecule has 9 heteroatoms. The van der Waals surface area contributed by atoms with Gasteiger partial charge < -0.3 is 14.4 Å². The zero-order valence-corrected chi connectivity index (χ0v) is 18.1. The molecular weight excluding hydrogens is 418 g/mol. The summed E-state index contributed by atoms with van der Waals surface area (Å²) in [7, 11) is -2.48. The van der Waals surface area contributed by atoms with E-state index in [-0.39, 0.29) is 18.9 Å². The molecule has 31 heavy (non-hydrogen) atoms. The van der Waals surface area contributed by atoms with Gasteiger partial charge in [-0.25, -0.2) is 17.7 Å². The van der Waals surface area contributed by atoms with Crippen molar-refractivity contribution in [3.8, 4) is 0 Å². The number of hydrogen-bond acceptors (Lipinski definition) is 7. The number of nitrogens with zero attached hydrogens (tertiary/aromatic N) is 3. The number of morpholine rings is 1. The number of anilines is 1. The summed E-state index contributed by atoms with van der Waals surface area (Å²) in [6.45, 7) is 3.08. The van der Waals surface area contributed by atoms with Gasteiger partial charge in [0.25, 0.3) is 15.9 Å². The number of aliphatic imine (C=N–C) groups is 1. The molecule has 1 amide bonds. The molecule has 2 aromatic carbocycles. The van der Waals surface area contributed by atoms with Crippen molar-refractivity contribution in [1.29, 1.82) is 0 Å². The van der Waals surface area contributed by atoms with Crippen LogP contribution < -0.4 is 4.90 Å². The van der Waals surface area contributed by atoms with Crippen molar-refractivity contribution in [2.24, 2.45) is 4.99 Å².